The molecule has 0 radical (unpaired) electrons. The lowest BCUT2D eigenvalue weighted by molar-refractivity contribution is -0.134. The smallest absolute Gasteiger partial charge is 0.351 e. The van der Waals surface area contributed by atoms with Crippen molar-refractivity contribution >= 4 is 5.97 Å². The molecule has 0 bridgehead atoms. The fraction of sp³-hybridized carbons (Fsp3) is 0.824. The lowest BCUT2D eigenvalue weighted by atomic mass is 10.3. The average molecular weight is 346 g/mol. The number of carbonyl (C=O) groups is 1. The number of hydrogen-bond acceptors (Lipinski definition) is 6. The van der Waals surface area contributed by atoms with Gasteiger partial charge in [-0.1, -0.05) is 13.0 Å². The number of carboxylic acids is 1. The third-order valence-corrected chi connectivity index (χ3v) is 3.17. The van der Waals surface area contributed by atoms with Gasteiger partial charge in [0.1, 0.15) is 5.70 Å². The SMILES string of the molecule is CC/C=C(\C(=O)O)N(C)C.NCCCNCCCCNCCCN. The summed E-state index contributed by atoms with van der Waals surface area (Å²) in [7, 11) is 3.44. The first-order chi connectivity index (χ1) is 11.5. The van der Waals surface area contributed by atoms with Crippen molar-refractivity contribution in [3.05, 3.63) is 11.8 Å². The van der Waals surface area contributed by atoms with Gasteiger partial charge in [0.15, 0.2) is 0 Å². The molecule has 0 unspecified atom stereocenters. The first-order valence-electron chi connectivity index (χ1n) is 8.93. The second kappa shape index (κ2) is 19.9. The van der Waals surface area contributed by atoms with Gasteiger partial charge >= 0.3 is 5.97 Å². The monoisotopic (exact) mass is 345 g/mol. The molecular formula is C17H39N5O2. The summed E-state index contributed by atoms with van der Waals surface area (Å²) in [6, 6.07) is 0. The Kier molecular flexibility index (Phi) is 20.8. The molecule has 0 saturated heterocycles. The van der Waals surface area contributed by atoms with Gasteiger partial charge in [-0.3, -0.25) is 0 Å². The second-order valence-corrected chi connectivity index (χ2v) is 5.69. The average Bonchev–Trinajstić information content (AvgIpc) is 2.54. The van der Waals surface area contributed by atoms with Crippen LogP contribution in [0.2, 0.25) is 0 Å². The molecular weight excluding hydrogens is 306 g/mol. The summed E-state index contributed by atoms with van der Waals surface area (Å²) in [4.78, 5) is 12.0. The number of nitrogens with two attached hydrogens (primary N) is 2. The van der Waals surface area contributed by atoms with Gasteiger partial charge in [-0.2, -0.15) is 0 Å². The number of allylic oxidation sites excluding steroid dienone is 1. The zero-order valence-electron chi connectivity index (χ0n) is 15.8. The van der Waals surface area contributed by atoms with Crippen LogP contribution in [0.5, 0.6) is 0 Å². The lowest BCUT2D eigenvalue weighted by Crippen LogP contribution is -2.22. The maximum Gasteiger partial charge on any atom is 0.351 e. The first-order valence-corrected chi connectivity index (χ1v) is 8.93. The van der Waals surface area contributed by atoms with E-state index in [2.05, 4.69) is 10.6 Å². The Hall–Kier alpha value is -1.15. The largest absolute Gasteiger partial charge is 0.477 e. The van der Waals surface area contributed by atoms with E-state index in [1.807, 2.05) is 6.92 Å². The van der Waals surface area contributed by atoms with E-state index in [1.54, 1.807) is 25.1 Å². The van der Waals surface area contributed by atoms with Crippen LogP contribution in [0.15, 0.2) is 11.8 Å². The van der Waals surface area contributed by atoms with Gasteiger partial charge in [0.05, 0.1) is 0 Å². The van der Waals surface area contributed by atoms with E-state index in [1.165, 1.54) is 12.8 Å². The number of aliphatic carboxylic acids is 1. The van der Waals surface area contributed by atoms with Crippen LogP contribution in [0.25, 0.3) is 0 Å². The summed E-state index contributed by atoms with van der Waals surface area (Å²) in [6.07, 6.45) is 7.06. The van der Waals surface area contributed by atoms with Gasteiger partial charge in [0, 0.05) is 14.1 Å². The van der Waals surface area contributed by atoms with Gasteiger partial charge in [0.25, 0.3) is 0 Å². The maximum atomic E-state index is 10.4. The number of hydrogen-bond donors (Lipinski definition) is 5. The molecule has 0 saturated carbocycles. The van der Waals surface area contributed by atoms with Crippen molar-refractivity contribution in [3.8, 4) is 0 Å². The second-order valence-electron chi connectivity index (χ2n) is 5.69. The zero-order chi connectivity index (χ0) is 18.6. The van der Waals surface area contributed by atoms with Crippen LogP contribution in [0, 0.1) is 0 Å². The van der Waals surface area contributed by atoms with Gasteiger partial charge in [-0.25, -0.2) is 4.79 Å². The van der Waals surface area contributed by atoms with Gasteiger partial charge in [-0.15, -0.1) is 0 Å². The van der Waals surface area contributed by atoms with E-state index in [4.69, 9.17) is 16.6 Å². The Balaban J connectivity index is 0. The summed E-state index contributed by atoms with van der Waals surface area (Å²) in [5, 5.41) is 15.3. The summed E-state index contributed by atoms with van der Waals surface area (Å²) >= 11 is 0. The van der Waals surface area contributed by atoms with Crippen LogP contribution in [-0.2, 0) is 4.79 Å². The van der Waals surface area contributed by atoms with Crippen molar-refractivity contribution in [2.24, 2.45) is 11.5 Å². The predicted octanol–water partition coefficient (Wildman–Crippen LogP) is 0.570. The fourth-order valence-electron chi connectivity index (χ4n) is 1.86. The van der Waals surface area contributed by atoms with Gasteiger partial charge in [0.2, 0.25) is 0 Å². The van der Waals surface area contributed by atoms with Gasteiger partial charge < -0.3 is 32.1 Å². The standard InChI is InChI=1S/C10H26N4.C7H13NO2/c11-5-3-9-13-7-1-2-8-14-10-4-6-12;1-4-5-6(7(9)10)8(2)3/h13-14H,1-12H2;5H,4H2,1-3H3,(H,9,10)/b;6-5+. The molecule has 24 heavy (non-hydrogen) atoms. The molecule has 0 spiro atoms. The van der Waals surface area contributed by atoms with E-state index >= 15 is 0 Å². The molecule has 7 heteroatoms. The minimum absolute atomic E-state index is 0.350. The van der Waals surface area contributed by atoms with E-state index in [0.717, 1.165) is 58.5 Å². The van der Waals surface area contributed by atoms with Gasteiger partial charge in [-0.05, 0) is 71.4 Å². The third-order valence-electron chi connectivity index (χ3n) is 3.17. The van der Waals surface area contributed by atoms with E-state index in [0.29, 0.717) is 5.70 Å². The molecule has 0 amide bonds. The van der Waals surface area contributed by atoms with Crippen LogP contribution in [0.3, 0.4) is 0 Å². The van der Waals surface area contributed by atoms with E-state index < -0.39 is 5.97 Å². The van der Waals surface area contributed by atoms with Crippen molar-refractivity contribution in [2.45, 2.75) is 39.0 Å². The van der Waals surface area contributed by atoms with Crippen LogP contribution in [0.1, 0.15) is 39.0 Å². The minimum atomic E-state index is -0.869. The minimum Gasteiger partial charge on any atom is -0.477 e. The Bertz CT molecular complexity index is 297. The molecule has 0 aliphatic rings. The molecule has 0 aromatic carbocycles. The van der Waals surface area contributed by atoms with E-state index in [9.17, 15) is 4.79 Å². The number of carboxylic acid groups (broad SMARTS) is 1. The summed E-state index contributed by atoms with van der Waals surface area (Å²) in [5.41, 5.74) is 11.1. The summed E-state index contributed by atoms with van der Waals surface area (Å²) in [5.74, 6) is -0.869. The predicted molar refractivity (Wildman–Crippen MR) is 102 cm³/mol. The molecule has 0 aromatic rings. The molecule has 0 aliphatic heterocycles. The highest BCUT2D eigenvalue weighted by Crippen LogP contribution is 1.99. The number of likely N-dealkylation sites (N-methyl/N-ethyl adjacent to an activating group) is 1. The molecule has 0 aromatic heterocycles. The molecule has 144 valence electrons. The Labute approximate surface area is 147 Å². The Morgan fingerprint density at radius 3 is 1.62 bits per heavy atom. The van der Waals surface area contributed by atoms with Crippen molar-refractivity contribution in [1.29, 1.82) is 0 Å². The summed E-state index contributed by atoms with van der Waals surface area (Å²) in [6.45, 7) is 7.80. The zero-order valence-corrected chi connectivity index (χ0v) is 15.8. The molecule has 0 heterocycles. The van der Waals surface area contributed by atoms with Crippen LogP contribution in [0.4, 0.5) is 0 Å². The molecule has 0 aliphatic carbocycles. The maximum absolute atomic E-state index is 10.4. The first kappa shape index (κ1) is 25.1. The normalized spacial score (nSPS) is 11.0. The topological polar surface area (TPSA) is 117 Å². The fourth-order valence-corrected chi connectivity index (χ4v) is 1.86. The molecule has 0 atom stereocenters. The van der Waals surface area contributed by atoms with Crippen molar-refractivity contribution in [2.75, 3.05) is 53.4 Å². The quantitative estimate of drug-likeness (QED) is 0.231. The Morgan fingerprint density at radius 1 is 0.958 bits per heavy atom. The van der Waals surface area contributed by atoms with Crippen molar-refractivity contribution < 1.29 is 9.90 Å². The summed E-state index contributed by atoms with van der Waals surface area (Å²) < 4.78 is 0. The number of rotatable bonds is 14. The van der Waals surface area contributed by atoms with Crippen LogP contribution < -0.4 is 22.1 Å². The number of nitrogens with one attached hydrogen (secondary N) is 2. The van der Waals surface area contributed by atoms with Crippen molar-refractivity contribution in [1.82, 2.24) is 15.5 Å². The highest BCUT2D eigenvalue weighted by Gasteiger charge is 2.06. The lowest BCUT2D eigenvalue weighted by Gasteiger charge is -2.11. The highest BCUT2D eigenvalue weighted by atomic mass is 16.4. The Morgan fingerprint density at radius 2 is 1.38 bits per heavy atom. The van der Waals surface area contributed by atoms with Crippen LogP contribution in [-0.4, -0.2) is 69.3 Å². The van der Waals surface area contributed by atoms with Crippen molar-refractivity contribution in [3.63, 3.8) is 0 Å². The number of unbranched alkanes of at least 4 members (excludes halogenated alkanes) is 1. The third kappa shape index (κ3) is 18.9. The van der Waals surface area contributed by atoms with E-state index in [-0.39, 0.29) is 0 Å². The molecule has 7 nitrogen and oxygen atoms in total. The number of nitrogens with zero attached hydrogens (tertiary/aromatic N) is 1. The molecule has 7 N–H and O–H groups in total. The molecule has 0 fully saturated rings. The molecule has 0 rings (SSSR count). The highest BCUT2D eigenvalue weighted by molar-refractivity contribution is 5.85. The van der Waals surface area contributed by atoms with Crippen LogP contribution >= 0.6 is 0 Å².